The second-order valence-electron chi connectivity index (χ2n) is 9.58. The molecule has 40 heavy (non-hydrogen) atoms. The molecule has 4 rings (SSSR count). The molecule has 0 spiro atoms. The maximum atomic E-state index is 14.8. The molecule has 0 bridgehead atoms. The summed E-state index contributed by atoms with van der Waals surface area (Å²) in [7, 11) is -1.41. The SMILES string of the molecule is COc1cc(C(=O)NOCC(C)C)c(F)cc1Nc1ncc(C(F)(F)F)c(Nc2ccccc2P2(=O)CCC2)n1. The van der Waals surface area contributed by atoms with Crippen molar-refractivity contribution in [3.05, 3.63) is 59.5 Å². The van der Waals surface area contributed by atoms with Crippen molar-refractivity contribution in [3.63, 3.8) is 0 Å². The van der Waals surface area contributed by atoms with E-state index in [-0.39, 0.29) is 41.2 Å². The van der Waals surface area contributed by atoms with E-state index in [1.807, 2.05) is 13.8 Å². The number of halogens is 4. The summed E-state index contributed by atoms with van der Waals surface area (Å²) >= 11 is 0. The lowest BCUT2D eigenvalue weighted by molar-refractivity contribution is -0.137. The van der Waals surface area contributed by atoms with Gasteiger partial charge < -0.3 is 19.9 Å². The Morgan fingerprint density at radius 2 is 1.85 bits per heavy atom. The van der Waals surface area contributed by atoms with E-state index in [2.05, 4.69) is 26.1 Å². The number of amides is 1. The summed E-state index contributed by atoms with van der Waals surface area (Å²) in [4.78, 5) is 25.1. The van der Waals surface area contributed by atoms with Crippen LogP contribution in [-0.2, 0) is 15.6 Å². The summed E-state index contributed by atoms with van der Waals surface area (Å²) in [6, 6.07) is 8.51. The number of carbonyl (C=O) groups excluding carboxylic acids is 1. The maximum Gasteiger partial charge on any atom is 0.421 e. The van der Waals surface area contributed by atoms with Gasteiger partial charge in [0.15, 0.2) is 0 Å². The molecule has 0 saturated carbocycles. The van der Waals surface area contributed by atoms with E-state index in [1.54, 1.807) is 18.2 Å². The van der Waals surface area contributed by atoms with Gasteiger partial charge in [-0.3, -0.25) is 9.63 Å². The van der Waals surface area contributed by atoms with Crippen LogP contribution in [0.5, 0.6) is 5.75 Å². The summed E-state index contributed by atoms with van der Waals surface area (Å²) < 4.78 is 74.7. The zero-order chi connectivity index (χ0) is 29.1. The van der Waals surface area contributed by atoms with Crippen molar-refractivity contribution in [2.24, 2.45) is 5.92 Å². The molecule has 1 amide bonds. The zero-order valence-electron chi connectivity index (χ0n) is 21.9. The van der Waals surface area contributed by atoms with Crippen LogP contribution in [0, 0.1) is 11.7 Å². The fourth-order valence-corrected chi connectivity index (χ4v) is 6.24. The van der Waals surface area contributed by atoms with Gasteiger partial charge in [0.25, 0.3) is 5.91 Å². The first-order valence-corrected chi connectivity index (χ1v) is 14.4. The average molecular weight is 582 g/mol. The highest BCUT2D eigenvalue weighted by Crippen LogP contribution is 2.55. The number of methoxy groups -OCH3 is 1. The smallest absolute Gasteiger partial charge is 0.421 e. The number of nitrogens with zero attached hydrogens (tertiary/aromatic N) is 2. The molecule has 14 heteroatoms. The van der Waals surface area contributed by atoms with Gasteiger partial charge in [-0.1, -0.05) is 26.0 Å². The van der Waals surface area contributed by atoms with Crippen molar-refractivity contribution in [1.82, 2.24) is 15.4 Å². The number of anilines is 4. The van der Waals surface area contributed by atoms with Gasteiger partial charge in [0.05, 0.1) is 30.7 Å². The normalized spacial score (nSPS) is 14.4. The van der Waals surface area contributed by atoms with Crippen LogP contribution >= 0.6 is 7.14 Å². The molecular weight excluding hydrogens is 553 g/mol. The Morgan fingerprint density at radius 3 is 2.48 bits per heavy atom. The number of hydrogen-bond donors (Lipinski definition) is 3. The van der Waals surface area contributed by atoms with Gasteiger partial charge in [-0.2, -0.15) is 18.2 Å². The number of carbonyl (C=O) groups is 1. The highest BCUT2D eigenvalue weighted by atomic mass is 31.2. The minimum absolute atomic E-state index is 0.00171. The molecule has 2 aromatic carbocycles. The third-order valence-corrected chi connectivity index (χ3v) is 9.44. The number of hydroxylamine groups is 1. The lowest BCUT2D eigenvalue weighted by atomic mass is 10.1. The lowest BCUT2D eigenvalue weighted by Crippen LogP contribution is -2.26. The minimum Gasteiger partial charge on any atom is -0.495 e. The third-order valence-electron chi connectivity index (χ3n) is 6.09. The molecule has 3 aromatic rings. The summed E-state index contributed by atoms with van der Waals surface area (Å²) in [6.45, 7) is 3.96. The molecule has 1 saturated heterocycles. The summed E-state index contributed by atoms with van der Waals surface area (Å²) in [5.74, 6) is -2.55. The Morgan fingerprint density at radius 1 is 1.12 bits per heavy atom. The molecule has 0 atom stereocenters. The molecular formula is C26H28F4N5O4P. The minimum atomic E-state index is -4.80. The highest BCUT2D eigenvalue weighted by molar-refractivity contribution is 7.73. The Bertz CT molecular complexity index is 1440. The molecule has 3 N–H and O–H groups in total. The number of hydrogen-bond acceptors (Lipinski definition) is 8. The first-order valence-electron chi connectivity index (χ1n) is 12.4. The number of para-hydroxylation sites is 1. The van der Waals surface area contributed by atoms with E-state index >= 15 is 0 Å². The van der Waals surface area contributed by atoms with Gasteiger partial charge >= 0.3 is 6.18 Å². The predicted molar refractivity (Wildman–Crippen MR) is 143 cm³/mol. The van der Waals surface area contributed by atoms with Crippen LogP contribution in [0.3, 0.4) is 0 Å². The number of ether oxygens (including phenoxy) is 1. The van der Waals surface area contributed by atoms with Crippen molar-refractivity contribution in [3.8, 4) is 5.75 Å². The fraction of sp³-hybridized carbons (Fsp3) is 0.346. The zero-order valence-corrected chi connectivity index (χ0v) is 22.8. The monoisotopic (exact) mass is 581 g/mol. The van der Waals surface area contributed by atoms with Crippen molar-refractivity contribution in [1.29, 1.82) is 0 Å². The van der Waals surface area contributed by atoms with Crippen LogP contribution in [-0.4, -0.2) is 41.9 Å². The van der Waals surface area contributed by atoms with Gasteiger partial charge in [-0.25, -0.2) is 14.9 Å². The van der Waals surface area contributed by atoms with Gasteiger partial charge in [0, 0.05) is 29.9 Å². The van der Waals surface area contributed by atoms with Gasteiger partial charge in [-0.05, 0) is 30.5 Å². The summed E-state index contributed by atoms with van der Waals surface area (Å²) in [5.41, 5.74) is 0.846. The van der Waals surface area contributed by atoms with E-state index in [0.29, 0.717) is 23.8 Å². The van der Waals surface area contributed by atoms with Crippen LogP contribution in [0.15, 0.2) is 42.6 Å². The second kappa shape index (κ2) is 11.8. The molecule has 0 unspecified atom stereocenters. The number of aromatic nitrogens is 2. The van der Waals surface area contributed by atoms with Crippen molar-refractivity contribution >= 4 is 41.5 Å². The predicted octanol–water partition coefficient (Wildman–Crippen LogP) is 5.84. The summed E-state index contributed by atoms with van der Waals surface area (Å²) in [5, 5.41) is 5.79. The highest BCUT2D eigenvalue weighted by Gasteiger charge is 2.37. The number of rotatable bonds is 10. The largest absolute Gasteiger partial charge is 0.495 e. The van der Waals surface area contributed by atoms with E-state index in [0.717, 1.165) is 18.6 Å². The van der Waals surface area contributed by atoms with Gasteiger partial charge in [0.2, 0.25) is 5.95 Å². The Balaban J connectivity index is 1.65. The molecule has 1 aliphatic heterocycles. The Kier molecular flexibility index (Phi) is 8.65. The number of benzene rings is 2. The number of alkyl halides is 3. The lowest BCUT2D eigenvalue weighted by Gasteiger charge is -2.29. The number of nitrogens with one attached hydrogen (secondary N) is 3. The molecule has 2 heterocycles. The molecule has 214 valence electrons. The van der Waals surface area contributed by atoms with E-state index in [4.69, 9.17) is 9.57 Å². The van der Waals surface area contributed by atoms with Gasteiger partial charge in [-0.15, -0.1) is 0 Å². The fourth-order valence-electron chi connectivity index (χ4n) is 3.94. The van der Waals surface area contributed by atoms with Crippen molar-refractivity contribution in [2.75, 3.05) is 36.7 Å². The molecule has 1 aliphatic rings. The van der Waals surface area contributed by atoms with Crippen molar-refractivity contribution < 1.29 is 36.5 Å². The molecule has 1 aromatic heterocycles. The van der Waals surface area contributed by atoms with Crippen LogP contribution in [0.4, 0.5) is 40.7 Å². The first kappa shape index (κ1) is 29.3. The second-order valence-corrected chi connectivity index (χ2v) is 12.7. The van der Waals surface area contributed by atoms with Gasteiger partial charge in [0.1, 0.15) is 30.1 Å². The van der Waals surface area contributed by atoms with Crippen LogP contribution in [0.1, 0.15) is 36.2 Å². The summed E-state index contributed by atoms with van der Waals surface area (Å²) in [6.07, 6.45) is -2.46. The topological polar surface area (TPSA) is 114 Å². The Hall–Kier alpha value is -3.70. The first-order chi connectivity index (χ1) is 18.9. The quantitative estimate of drug-likeness (QED) is 0.156. The average Bonchev–Trinajstić information content (AvgIpc) is 2.87. The standard InChI is InChI=1S/C26H28F4N5O4P/c1-15(2)14-39-35-24(36)16-11-21(38-3)20(12-18(16)27)33-25-31-13-17(26(28,29)30)23(34-25)32-19-7-4-5-8-22(19)40(37)9-6-10-40/h4-5,7-8,11-13,15H,6,9-10,14H2,1-3H3,(H,35,36)(H2,31,32,33,34). The molecule has 9 nitrogen and oxygen atoms in total. The Labute approximate surface area is 228 Å². The van der Waals surface area contributed by atoms with Crippen LogP contribution < -0.4 is 26.2 Å². The van der Waals surface area contributed by atoms with E-state index < -0.39 is 36.4 Å². The van der Waals surface area contributed by atoms with Crippen LogP contribution in [0.25, 0.3) is 0 Å². The molecule has 1 fully saturated rings. The van der Waals surface area contributed by atoms with E-state index in [9.17, 15) is 26.9 Å². The van der Waals surface area contributed by atoms with Crippen molar-refractivity contribution in [2.45, 2.75) is 26.4 Å². The molecule has 0 aliphatic carbocycles. The van der Waals surface area contributed by atoms with Crippen LogP contribution in [0.2, 0.25) is 0 Å². The van der Waals surface area contributed by atoms with E-state index in [1.165, 1.54) is 13.2 Å². The third kappa shape index (κ3) is 6.53. The maximum absolute atomic E-state index is 14.8. The molecule has 0 radical (unpaired) electrons.